The maximum atomic E-state index is 13.3. The van der Waals surface area contributed by atoms with Crippen molar-refractivity contribution >= 4 is 48.1 Å². The van der Waals surface area contributed by atoms with Gasteiger partial charge in [-0.15, -0.1) is 0 Å². The Morgan fingerprint density at radius 2 is 1.71 bits per heavy atom. The summed E-state index contributed by atoms with van der Waals surface area (Å²) in [4.78, 5) is 15.3. The molecule has 2 aliphatic rings. The summed E-state index contributed by atoms with van der Waals surface area (Å²) >= 11 is 0. The van der Waals surface area contributed by atoms with E-state index in [4.69, 9.17) is 0 Å². The van der Waals surface area contributed by atoms with E-state index in [1.807, 2.05) is 12.1 Å². The highest BCUT2D eigenvalue weighted by Gasteiger charge is 2.38. The molecule has 2 heterocycles. The van der Waals surface area contributed by atoms with E-state index in [9.17, 15) is 21.6 Å². The molecule has 0 N–H and O–H groups in total. The maximum absolute atomic E-state index is 13.3. The summed E-state index contributed by atoms with van der Waals surface area (Å²) in [6.45, 7) is 4.38. The molecule has 0 aromatic heterocycles. The molecule has 5 rings (SSSR count). The second-order valence-electron chi connectivity index (χ2n) is 8.32. The summed E-state index contributed by atoms with van der Waals surface area (Å²) in [5, 5.41) is 1.44. The molecule has 0 radical (unpaired) electrons. The first-order chi connectivity index (χ1) is 16.2. The van der Waals surface area contributed by atoms with Crippen LogP contribution >= 0.6 is 0 Å². The van der Waals surface area contributed by atoms with Crippen LogP contribution in [-0.4, -0.2) is 53.2 Å². The Morgan fingerprint density at radius 1 is 1.00 bits per heavy atom. The number of fused-ring (bicyclic) bond motifs is 1. The molecule has 8 nitrogen and oxygen atoms in total. The lowest BCUT2D eigenvalue weighted by molar-refractivity contribution is -0.117. The van der Waals surface area contributed by atoms with Gasteiger partial charge in [-0.05, 0) is 47.7 Å². The fraction of sp³-hybridized carbons (Fsp3) is 0.292. The van der Waals surface area contributed by atoms with Gasteiger partial charge in [0.05, 0.1) is 15.5 Å². The van der Waals surface area contributed by atoms with Crippen molar-refractivity contribution in [1.82, 2.24) is 4.31 Å². The molecule has 3 aromatic carbocycles. The van der Waals surface area contributed by atoms with Crippen LogP contribution in [0.5, 0.6) is 0 Å². The van der Waals surface area contributed by atoms with Crippen molar-refractivity contribution in [2.45, 2.75) is 30.1 Å². The smallest absolute Gasteiger partial charge is 0.265 e. The van der Waals surface area contributed by atoms with Crippen LogP contribution in [0.4, 0.5) is 11.4 Å². The van der Waals surface area contributed by atoms with Crippen LogP contribution < -0.4 is 9.21 Å². The minimum absolute atomic E-state index is 0.202. The van der Waals surface area contributed by atoms with Gasteiger partial charge in [-0.1, -0.05) is 38.1 Å². The van der Waals surface area contributed by atoms with E-state index in [2.05, 4.69) is 0 Å². The molecule has 3 aromatic rings. The van der Waals surface area contributed by atoms with Gasteiger partial charge >= 0.3 is 0 Å². The zero-order valence-corrected chi connectivity index (χ0v) is 20.6. The van der Waals surface area contributed by atoms with E-state index >= 15 is 0 Å². The van der Waals surface area contributed by atoms with Crippen molar-refractivity contribution in [3.8, 4) is 0 Å². The zero-order chi connectivity index (χ0) is 24.3. The Morgan fingerprint density at radius 3 is 2.41 bits per heavy atom. The second kappa shape index (κ2) is 8.07. The first-order valence-corrected chi connectivity index (χ1v) is 14.1. The first kappa shape index (κ1) is 22.8. The van der Waals surface area contributed by atoms with E-state index in [-0.39, 0.29) is 22.2 Å². The van der Waals surface area contributed by atoms with Gasteiger partial charge in [0.25, 0.3) is 10.0 Å². The van der Waals surface area contributed by atoms with Crippen molar-refractivity contribution in [3.63, 3.8) is 0 Å². The van der Waals surface area contributed by atoms with Crippen molar-refractivity contribution < 1.29 is 21.6 Å². The Bertz CT molecular complexity index is 1520. The Labute approximate surface area is 199 Å². The highest BCUT2D eigenvalue weighted by Crippen LogP contribution is 2.42. The largest absolute Gasteiger partial charge is 0.310 e. The SMILES string of the molecule is CCN(CC)S(=O)(=O)c1ccc2c(c1)CCN2C(=O)CN1c2cccc3cccc(c23)S1(=O)=O. The molecule has 0 aliphatic carbocycles. The topological polar surface area (TPSA) is 95.1 Å². The summed E-state index contributed by atoms with van der Waals surface area (Å²) in [5.74, 6) is -0.355. The number of rotatable bonds is 6. The lowest BCUT2D eigenvalue weighted by atomic mass is 10.1. The third kappa shape index (κ3) is 3.31. The molecule has 0 atom stereocenters. The molecule has 0 fully saturated rings. The quantitative estimate of drug-likeness (QED) is 0.520. The van der Waals surface area contributed by atoms with Crippen LogP contribution in [0.15, 0.2) is 64.4 Å². The van der Waals surface area contributed by atoms with E-state index in [1.165, 1.54) is 14.7 Å². The number of nitrogens with zero attached hydrogens (tertiary/aromatic N) is 3. The maximum Gasteiger partial charge on any atom is 0.265 e. The van der Waals surface area contributed by atoms with Crippen LogP contribution in [0.2, 0.25) is 0 Å². The molecule has 34 heavy (non-hydrogen) atoms. The number of amides is 1. The van der Waals surface area contributed by atoms with Gasteiger partial charge in [0.2, 0.25) is 15.9 Å². The van der Waals surface area contributed by atoms with Gasteiger partial charge in [-0.2, -0.15) is 4.31 Å². The van der Waals surface area contributed by atoms with Gasteiger partial charge < -0.3 is 4.90 Å². The summed E-state index contributed by atoms with van der Waals surface area (Å²) in [7, 11) is -7.45. The van der Waals surface area contributed by atoms with Crippen molar-refractivity contribution in [1.29, 1.82) is 0 Å². The molecule has 0 bridgehead atoms. The first-order valence-electron chi connectivity index (χ1n) is 11.2. The fourth-order valence-corrected chi connectivity index (χ4v) is 8.02. The van der Waals surface area contributed by atoms with Gasteiger partial charge in [-0.3, -0.25) is 9.10 Å². The van der Waals surface area contributed by atoms with Gasteiger partial charge in [0.15, 0.2) is 0 Å². The van der Waals surface area contributed by atoms with E-state index < -0.39 is 20.0 Å². The molecule has 0 spiro atoms. The van der Waals surface area contributed by atoms with Gasteiger partial charge in [-0.25, -0.2) is 16.8 Å². The summed E-state index contributed by atoms with van der Waals surface area (Å²) in [6, 6.07) is 15.2. The monoisotopic (exact) mass is 499 g/mol. The third-order valence-corrected chi connectivity index (χ3v) is 10.4. The highest BCUT2D eigenvalue weighted by atomic mass is 32.2. The van der Waals surface area contributed by atoms with E-state index in [0.717, 1.165) is 10.9 Å². The normalized spacial score (nSPS) is 16.4. The summed E-state index contributed by atoms with van der Waals surface area (Å²) in [6.07, 6.45) is 0.505. The molecule has 1 amide bonds. The lowest BCUT2D eigenvalue weighted by Gasteiger charge is -2.23. The van der Waals surface area contributed by atoms with Crippen LogP contribution in [0, 0.1) is 0 Å². The molecule has 10 heteroatoms. The van der Waals surface area contributed by atoms with Gasteiger partial charge in [0, 0.05) is 30.7 Å². The minimum atomic E-state index is -3.84. The molecular weight excluding hydrogens is 474 g/mol. The number of sulfonamides is 2. The van der Waals surface area contributed by atoms with Crippen molar-refractivity contribution in [2.75, 3.05) is 35.4 Å². The third-order valence-electron chi connectivity index (χ3n) is 6.55. The van der Waals surface area contributed by atoms with Crippen LogP contribution in [0.25, 0.3) is 10.8 Å². The average Bonchev–Trinajstić information content (AvgIpc) is 3.34. The van der Waals surface area contributed by atoms with E-state index in [1.54, 1.807) is 55.1 Å². The minimum Gasteiger partial charge on any atom is -0.310 e. The van der Waals surface area contributed by atoms with Crippen LogP contribution in [0.1, 0.15) is 19.4 Å². The lowest BCUT2D eigenvalue weighted by Crippen LogP contribution is -2.41. The molecule has 0 saturated heterocycles. The highest BCUT2D eigenvalue weighted by molar-refractivity contribution is 7.93. The standard InChI is InChI=1S/C24H25N3O5S2/c1-3-25(4-2)33(29,30)19-11-12-20-18(15-19)13-14-26(20)23(28)16-27-21-9-5-7-17-8-6-10-22(24(17)21)34(27,31)32/h5-12,15H,3-4,13-14,16H2,1-2H3. The number of hydrogen-bond donors (Lipinski definition) is 0. The molecule has 178 valence electrons. The van der Waals surface area contributed by atoms with Crippen LogP contribution in [-0.2, 0) is 31.3 Å². The average molecular weight is 500 g/mol. The molecule has 2 aliphatic heterocycles. The Kier molecular flexibility index (Phi) is 5.42. The predicted molar refractivity (Wildman–Crippen MR) is 131 cm³/mol. The fourth-order valence-electron chi connectivity index (χ4n) is 4.85. The van der Waals surface area contributed by atoms with Crippen LogP contribution in [0.3, 0.4) is 0 Å². The number of anilines is 2. The van der Waals surface area contributed by atoms with E-state index in [0.29, 0.717) is 42.8 Å². The summed E-state index contributed by atoms with van der Waals surface area (Å²) in [5.41, 5.74) is 1.88. The van der Waals surface area contributed by atoms with Gasteiger partial charge in [0.1, 0.15) is 6.54 Å². The number of benzene rings is 3. The second-order valence-corrected chi connectivity index (χ2v) is 12.1. The van der Waals surface area contributed by atoms with Crippen molar-refractivity contribution in [3.05, 3.63) is 60.2 Å². The Hall–Kier alpha value is -2.95. The molecule has 0 unspecified atom stereocenters. The Balaban J connectivity index is 1.44. The zero-order valence-electron chi connectivity index (χ0n) is 18.9. The number of hydrogen-bond acceptors (Lipinski definition) is 5. The predicted octanol–water partition coefficient (Wildman–Crippen LogP) is 2.97. The number of carbonyl (C=O) groups excluding carboxylic acids is 1. The molecule has 0 saturated carbocycles. The number of carbonyl (C=O) groups is 1. The van der Waals surface area contributed by atoms with Crippen molar-refractivity contribution in [2.24, 2.45) is 0 Å². The molecular formula is C24H25N3O5S2. The summed E-state index contributed by atoms with van der Waals surface area (Å²) < 4.78 is 54.8.